The maximum absolute atomic E-state index is 11.6. The van der Waals surface area contributed by atoms with Crippen molar-refractivity contribution in [1.82, 2.24) is 4.90 Å². The van der Waals surface area contributed by atoms with E-state index in [1.165, 1.54) is 0 Å². The Kier molecular flexibility index (Phi) is 3.11. The van der Waals surface area contributed by atoms with E-state index < -0.39 is 9.84 Å². The fourth-order valence-corrected chi connectivity index (χ4v) is 4.20. The third-order valence-electron chi connectivity index (χ3n) is 3.34. The summed E-state index contributed by atoms with van der Waals surface area (Å²) in [6, 6.07) is 0. The van der Waals surface area contributed by atoms with E-state index >= 15 is 0 Å². The summed E-state index contributed by atoms with van der Waals surface area (Å²) >= 11 is 0. The van der Waals surface area contributed by atoms with Gasteiger partial charge in [-0.3, -0.25) is 4.79 Å². The van der Waals surface area contributed by atoms with Crippen molar-refractivity contribution in [2.24, 2.45) is 0 Å². The molecule has 0 saturated carbocycles. The van der Waals surface area contributed by atoms with Crippen LogP contribution in [0.4, 0.5) is 0 Å². The largest absolute Gasteiger partial charge is 0.301 e. The molecule has 2 aliphatic heterocycles. The first-order chi connectivity index (χ1) is 7.08. The van der Waals surface area contributed by atoms with Crippen LogP contribution in [0, 0.1) is 0 Å². The summed E-state index contributed by atoms with van der Waals surface area (Å²) in [5.41, 5.74) is 0. The molecule has 5 heteroatoms. The predicted molar refractivity (Wildman–Crippen MR) is 57.5 cm³/mol. The normalized spacial score (nSPS) is 32.0. The second-order valence-corrected chi connectivity index (χ2v) is 6.87. The maximum Gasteiger partial charge on any atom is 0.154 e. The molecule has 0 bridgehead atoms. The number of carbonyl (C=O) groups excluding carboxylic acids is 1. The average Bonchev–Trinajstić information content (AvgIpc) is 2.50. The lowest BCUT2D eigenvalue weighted by atomic mass is 10.1. The van der Waals surface area contributed by atoms with Gasteiger partial charge < -0.3 is 4.90 Å². The Balaban J connectivity index is 1.89. The molecule has 0 spiro atoms. The first-order valence-electron chi connectivity index (χ1n) is 5.53. The number of ketones is 1. The van der Waals surface area contributed by atoms with Gasteiger partial charge in [0.05, 0.1) is 11.0 Å². The zero-order chi connectivity index (χ0) is 10.9. The van der Waals surface area contributed by atoms with E-state index in [0.717, 1.165) is 25.9 Å². The number of rotatable bonds is 2. The molecule has 0 radical (unpaired) electrons. The molecule has 2 rings (SSSR count). The Labute approximate surface area is 90.6 Å². The van der Waals surface area contributed by atoms with E-state index in [2.05, 4.69) is 4.90 Å². The SMILES string of the molecule is O=C1CCN(CC2CCCS2(=O)=O)CC1. The van der Waals surface area contributed by atoms with E-state index in [4.69, 9.17) is 0 Å². The van der Waals surface area contributed by atoms with Crippen molar-refractivity contribution in [3.63, 3.8) is 0 Å². The van der Waals surface area contributed by atoms with Crippen molar-refractivity contribution >= 4 is 15.6 Å². The maximum atomic E-state index is 11.6. The van der Waals surface area contributed by atoms with Crippen LogP contribution in [0.25, 0.3) is 0 Å². The number of carbonyl (C=O) groups is 1. The number of likely N-dealkylation sites (tertiary alicyclic amines) is 1. The Morgan fingerprint density at radius 1 is 1.27 bits per heavy atom. The second kappa shape index (κ2) is 4.22. The minimum absolute atomic E-state index is 0.175. The topological polar surface area (TPSA) is 54.5 Å². The van der Waals surface area contributed by atoms with Crippen molar-refractivity contribution in [2.75, 3.05) is 25.4 Å². The average molecular weight is 231 g/mol. The van der Waals surface area contributed by atoms with Gasteiger partial charge in [0.25, 0.3) is 0 Å². The van der Waals surface area contributed by atoms with Gasteiger partial charge in [-0.1, -0.05) is 0 Å². The lowest BCUT2D eigenvalue weighted by Gasteiger charge is -2.27. The van der Waals surface area contributed by atoms with Gasteiger partial charge in [-0.15, -0.1) is 0 Å². The summed E-state index contributed by atoms with van der Waals surface area (Å²) < 4.78 is 23.2. The number of nitrogens with zero attached hydrogens (tertiary/aromatic N) is 1. The molecular weight excluding hydrogens is 214 g/mol. The van der Waals surface area contributed by atoms with Crippen molar-refractivity contribution in [1.29, 1.82) is 0 Å². The van der Waals surface area contributed by atoms with Crippen LogP contribution in [-0.4, -0.2) is 49.7 Å². The molecule has 0 aromatic rings. The van der Waals surface area contributed by atoms with Crippen LogP contribution < -0.4 is 0 Å². The summed E-state index contributed by atoms with van der Waals surface area (Å²) in [7, 11) is -2.83. The second-order valence-electron chi connectivity index (χ2n) is 4.47. The van der Waals surface area contributed by atoms with E-state index in [0.29, 0.717) is 30.9 Å². The van der Waals surface area contributed by atoms with Gasteiger partial charge in [-0.2, -0.15) is 0 Å². The molecule has 1 unspecified atom stereocenters. The molecule has 1 atom stereocenters. The highest BCUT2D eigenvalue weighted by Crippen LogP contribution is 2.21. The Bertz CT molecular complexity index is 340. The summed E-state index contributed by atoms with van der Waals surface area (Å²) in [6.07, 6.45) is 2.78. The highest BCUT2D eigenvalue weighted by Gasteiger charge is 2.33. The summed E-state index contributed by atoms with van der Waals surface area (Å²) in [5, 5.41) is -0.175. The fraction of sp³-hybridized carbons (Fsp3) is 0.900. The van der Waals surface area contributed by atoms with Gasteiger partial charge in [0.1, 0.15) is 5.78 Å². The first kappa shape index (κ1) is 11.1. The van der Waals surface area contributed by atoms with Crippen LogP contribution in [0.3, 0.4) is 0 Å². The third-order valence-corrected chi connectivity index (χ3v) is 5.60. The lowest BCUT2D eigenvalue weighted by molar-refractivity contribution is -0.121. The number of Topliss-reactive ketones (excluding diaryl/α,β-unsaturated/α-hetero) is 1. The fourth-order valence-electron chi connectivity index (χ4n) is 2.34. The van der Waals surface area contributed by atoms with Gasteiger partial charge in [0.2, 0.25) is 0 Å². The Morgan fingerprint density at radius 3 is 2.47 bits per heavy atom. The molecule has 2 heterocycles. The number of piperidine rings is 1. The van der Waals surface area contributed by atoms with E-state index in [-0.39, 0.29) is 5.25 Å². The van der Waals surface area contributed by atoms with Gasteiger partial charge in [-0.05, 0) is 12.8 Å². The zero-order valence-electron chi connectivity index (χ0n) is 8.81. The smallest absolute Gasteiger partial charge is 0.154 e. The molecule has 0 aromatic carbocycles. The molecule has 2 fully saturated rings. The first-order valence-corrected chi connectivity index (χ1v) is 7.25. The van der Waals surface area contributed by atoms with Crippen LogP contribution in [0.2, 0.25) is 0 Å². The molecule has 86 valence electrons. The van der Waals surface area contributed by atoms with Crippen molar-refractivity contribution in [3.8, 4) is 0 Å². The van der Waals surface area contributed by atoms with Gasteiger partial charge >= 0.3 is 0 Å². The van der Waals surface area contributed by atoms with Gasteiger partial charge in [0.15, 0.2) is 9.84 Å². The third kappa shape index (κ3) is 2.58. The Hall–Kier alpha value is -0.420. The molecule has 15 heavy (non-hydrogen) atoms. The van der Waals surface area contributed by atoms with Crippen molar-refractivity contribution in [2.45, 2.75) is 30.9 Å². The molecule has 0 aromatic heterocycles. The minimum atomic E-state index is -2.83. The summed E-state index contributed by atoms with van der Waals surface area (Å²) in [4.78, 5) is 13.1. The minimum Gasteiger partial charge on any atom is -0.301 e. The number of hydrogen-bond acceptors (Lipinski definition) is 4. The molecule has 2 aliphatic rings. The number of hydrogen-bond donors (Lipinski definition) is 0. The summed E-state index contributed by atoms with van der Waals surface area (Å²) in [5.74, 6) is 0.658. The zero-order valence-corrected chi connectivity index (χ0v) is 9.63. The molecule has 2 saturated heterocycles. The van der Waals surface area contributed by atoms with Gasteiger partial charge in [0, 0.05) is 32.5 Å². The lowest BCUT2D eigenvalue weighted by Crippen LogP contribution is -2.40. The quantitative estimate of drug-likeness (QED) is 0.682. The summed E-state index contributed by atoms with van der Waals surface area (Å²) in [6.45, 7) is 2.12. The molecular formula is C10H17NO3S. The van der Waals surface area contributed by atoms with Crippen LogP contribution in [0.1, 0.15) is 25.7 Å². The van der Waals surface area contributed by atoms with Crippen LogP contribution in [0.5, 0.6) is 0 Å². The molecule has 0 amide bonds. The van der Waals surface area contributed by atoms with Gasteiger partial charge in [-0.25, -0.2) is 8.42 Å². The van der Waals surface area contributed by atoms with Crippen molar-refractivity contribution < 1.29 is 13.2 Å². The van der Waals surface area contributed by atoms with Crippen LogP contribution in [0.15, 0.2) is 0 Å². The molecule has 0 aliphatic carbocycles. The number of sulfone groups is 1. The standard InChI is InChI=1S/C10H17NO3S/c12-9-3-5-11(6-4-9)8-10-2-1-7-15(10,13)14/h10H,1-8H2. The molecule has 4 nitrogen and oxygen atoms in total. The van der Waals surface area contributed by atoms with Crippen LogP contribution in [-0.2, 0) is 14.6 Å². The van der Waals surface area contributed by atoms with E-state index in [1.54, 1.807) is 0 Å². The van der Waals surface area contributed by atoms with E-state index in [1.807, 2.05) is 0 Å². The highest BCUT2D eigenvalue weighted by molar-refractivity contribution is 7.92. The predicted octanol–water partition coefficient (Wildman–Crippen LogP) is 0.229. The monoisotopic (exact) mass is 231 g/mol. The van der Waals surface area contributed by atoms with E-state index in [9.17, 15) is 13.2 Å². The van der Waals surface area contributed by atoms with Crippen molar-refractivity contribution in [3.05, 3.63) is 0 Å². The van der Waals surface area contributed by atoms with Crippen LogP contribution >= 0.6 is 0 Å². The highest BCUT2D eigenvalue weighted by atomic mass is 32.2. The Morgan fingerprint density at radius 2 is 1.93 bits per heavy atom. The molecule has 0 N–H and O–H groups in total.